The quantitative estimate of drug-likeness (QED) is 0.297. The number of hydrogen-bond acceptors (Lipinski definition) is 1. The van der Waals surface area contributed by atoms with Gasteiger partial charge < -0.3 is 0 Å². The van der Waals surface area contributed by atoms with E-state index in [1.54, 1.807) is 0 Å². The lowest BCUT2D eigenvalue weighted by atomic mass is 9.77. The molecule has 1 saturated carbocycles. The average molecular weight is 391 g/mol. The minimum absolute atomic E-state index is 0.224. The van der Waals surface area contributed by atoms with Crippen LogP contribution in [0.3, 0.4) is 0 Å². The molecule has 2 aromatic rings. The summed E-state index contributed by atoms with van der Waals surface area (Å²) in [6.45, 7) is 4.53. The van der Waals surface area contributed by atoms with Crippen molar-refractivity contribution in [2.24, 2.45) is 5.92 Å². The first-order valence-electron chi connectivity index (χ1n) is 11.9. The van der Waals surface area contributed by atoms with Crippen molar-refractivity contribution in [3.8, 4) is 0 Å². The second-order valence-corrected chi connectivity index (χ2v) is 9.00. The number of Topliss-reactive ketones (excluding diaryl/α,β-unsaturated/α-hetero) is 1. The standard InChI is InChI=1S/C28H38O/c1-3-5-6-8-23-9-11-24(12-10-23)21-28(29)27-19-17-26(18-20-27)25-15-13-22(7-4-2)14-16-25/h9-12,17-20,22,25H,3-8,13-16,21H2,1-2H3. The maximum atomic E-state index is 12.7. The van der Waals surface area contributed by atoms with E-state index in [4.69, 9.17) is 0 Å². The SMILES string of the molecule is CCCCCc1ccc(CC(=O)c2ccc(C3CCC(CCC)CC3)cc2)cc1. The maximum Gasteiger partial charge on any atom is 0.167 e. The van der Waals surface area contributed by atoms with Crippen molar-refractivity contribution in [2.45, 2.75) is 90.4 Å². The lowest BCUT2D eigenvalue weighted by Gasteiger charge is -2.28. The number of rotatable bonds is 10. The molecule has 0 bridgehead atoms. The molecular formula is C28H38O. The van der Waals surface area contributed by atoms with Crippen LogP contribution in [0.4, 0.5) is 0 Å². The summed E-state index contributed by atoms with van der Waals surface area (Å²) in [6, 6.07) is 17.1. The van der Waals surface area contributed by atoms with Gasteiger partial charge in [-0.2, -0.15) is 0 Å². The van der Waals surface area contributed by atoms with Gasteiger partial charge in [0.25, 0.3) is 0 Å². The molecule has 0 spiro atoms. The van der Waals surface area contributed by atoms with Crippen molar-refractivity contribution >= 4 is 5.78 Å². The van der Waals surface area contributed by atoms with Gasteiger partial charge in [0.15, 0.2) is 5.78 Å². The largest absolute Gasteiger partial charge is 0.294 e. The Morgan fingerprint density at radius 2 is 1.45 bits per heavy atom. The summed E-state index contributed by atoms with van der Waals surface area (Å²) in [7, 11) is 0. The average Bonchev–Trinajstić information content (AvgIpc) is 2.76. The molecule has 0 atom stereocenters. The summed E-state index contributed by atoms with van der Waals surface area (Å²) >= 11 is 0. The van der Waals surface area contributed by atoms with E-state index in [0.29, 0.717) is 12.3 Å². The lowest BCUT2D eigenvalue weighted by Crippen LogP contribution is -2.13. The third-order valence-electron chi connectivity index (χ3n) is 6.70. The molecule has 1 heteroatoms. The van der Waals surface area contributed by atoms with Crippen LogP contribution in [0.5, 0.6) is 0 Å². The fourth-order valence-corrected chi connectivity index (χ4v) is 4.82. The molecule has 2 aromatic carbocycles. The number of carbonyl (C=O) groups is 1. The molecule has 0 saturated heterocycles. The Labute approximate surface area is 177 Å². The molecule has 156 valence electrons. The molecule has 1 aliphatic carbocycles. The minimum atomic E-state index is 0.224. The van der Waals surface area contributed by atoms with Crippen LogP contribution in [0.15, 0.2) is 48.5 Å². The van der Waals surface area contributed by atoms with Gasteiger partial charge in [0, 0.05) is 12.0 Å². The van der Waals surface area contributed by atoms with Crippen LogP contribution in [0, 0.1) is 5.92 Å². The van der Waals surface area contributed by atoms with Crippen LogP contribution in [0.25, 0.3) is 0 Å². The fourth-order valence-electron chi connectivity index (χ4n) is 4.82. The van der Waals surface area contributed by atoms with E-state index < -0.39 is 0 Å². The summed E-state index contributed by atoms with van der Waals surface area (Å²) in [5.41, 5.74) is 4.77. The van der Waals surface area contributed by atoms with E-state index in [0.717, 1.165) is 23.5 Å². The summed E-state index contributed by atoms with van der Waals surface area (Å²) in [5, 5.41) is 0. The maximum absolute atomic E-state index is 12.7. The van der Waals surface area contributed by atoms with Crippen LogP contribution >= 0.6 is 0 Å². The predicted octanol–water partition coefficient (Wildman–Crippen LogP) is 7.92. The zero-order valence-corrected chi connectivity index (χ0v) is 18.5. The Hall–Kier alpha value is -1.89. The first-order valence-corrected chi connectivity index (χ1v) is 11.9. The first kappa shape index (κ1) is 21.8. The van der Waals surface area contributed by atoms with E-state index in [1.165, 1.54) is 68.9 Å². The minimum Gasteiger partial charge on any atom is -0.294 e. The molecule has 1 aliphatic rings. The molecule has 0 N–H and O–H groups in total. The topological polar surface area (TPSA) is 17.1 Å². The summed E-state index contributed by atoms with van der Waals surface area (Å²) in [4.78, 5) is 12.7. The van der Waals surface area contributed by atoms with Crippen molar-refractivity contribution in [2.75, 3.05) is 0 Å². The number of unbranched alkanes of at least 4 members (excludes halogenated alkanes) is 2. The van der Waals surface area contributed by atoms with Crippen LogP contribution in [0.1, 0.15) is 105 Å². The third kappa shape index (κ3) is 6.56. The molecule has 29 heavy (non-hydrogen) atoms. The zero-order valence-electron chi connectivity index (χ0n) is 18.5. The second kappa shape index (κ2) is 11.3. The van der Waals surface area contributed by atoms with Gasteiger partial charge in [0.05, 0.1) is 0 Å². The Bertz CT molecular complexity index is 733. The Balaban J connectivity index is 1.51. The number of ketones is 1. The molecule has 1 fully saturated rings. The second-order valence-electron chi connectivity index (χ2n) is 9.00. The summed E-state index contributed by atoms with van der Waals surface area (Å²) < 4.78 is 0. The highest BCUT2D eigenvalue weighted by atomic mass is 16.1. The van der Waals surface area contributed by atoms with Gasteiger partial charge in [-0.1, -0.05) is 88.1 Å². The van der Waals surface area contributed by atoms with E-state index in [2.05, 4.69) is 62.4 Å². The van der Waals surface area contributed by atoms with Gasteiger partial charge in [0.1, 0.15) is 0 Å². The highest BCUT2D eigenvalue weighted by Crippen LogP contribution is 2.37. The smallest absolute Gasteiger partial charge is 0.167 e. The van der Waals surface area contributed by atoms with Crippen molar-refractivity contribution < 1.29 is 4.79 Å². The number of benzene rings is 2. The highest BCUT2D eigenvalue weighted by molar-refractivity contribution is 5.97. The van der Waals surface area contributed by atoms with Gasteiger partial charge in [-0.3, -0.25) is 4.79 Å². The molecule has 0 amide bonds. The summed E-state index contributed by atoms with van der Waals surface area (Å²) in [6.07, 6.45) is 13.5. The van der Waals surface area contributed by atoms with E-state index >= 15 is 0 Å². The number of hydrogen-bond donors (Lipinski definition) is 0. The van der Waals surface area contributed by atoms with Crippen molar-refractivity contribution in [1.29, 1.82) is 0 Å². The van der Waals surface area contributed by atoms with Gasteiger partial charge >= 0.3 is 0 Å². The lowest BCUT2D eigenvalue weighted by molar-refractivity contribution is 0.0993. The van der Waals surface area contributed by atoms with Crippen LogP contribution in [-0.4, -0.2) is 5.78 Å². The molecule has 0 aromatic heterocycles. The molecule has 0 unspecified atom stereocenters. The van der Waals surface area contributed by atoms with E-state index in [9.17, 15) is 4.79 Å². The Morgan fingerprint density at radius 3 is 2.07 bits per heavy atom. The molecule has 1 nitrogen and oxygen atoms in total. The zero-order chi connectivity index (χ0) is 20.5. The fraction of sp³-hybridized carbons (Fsp3) is 0.536. The van der Waals surface area contributed by atoms with Crippen LogP contribution in [0.2, 0.25) is 0 Å². The predicted molar refractivity (Wildman–Crippen MR) is 124 cm³/mol. The molecule has 0 radical (unpaired) electrons. The molecule has 0 heterocycles. The van der Waals surface area contributed by atoms with Gasteiger partial charge in [-0.25, -0.2) is 0 Å². The molecular weight excluding hydrogens is 352 g/mol. The van der Waals surface area contributed by atoms with Gasteiger partial charge in [0.2, 0.25) is 0 Å². The van der Waals surface area contributed by atoms with E-state index in [1.807, 2.05) is 0 Å². The monoisotopic (exact) mass is 390 g/mol. The summed E-state index contributed by atoms with van der Waals surface area (Å²) in [5.74, 6) is 1.85. The Morgan fingerprint density at radius 1 is 0.793 bits per heavy atom. The van der Waals surface area contributed by atoms with Crippen LogP contribution in [-0.2, 0) is 12.8 Å². The highest BCUT2D eigenvalue weighted by Gasteiger charge is 2.22. The van der Waals surface area contributed by atoms with E-state index in [-0.39, 0.29) is 5.78 Å². The van der Waals surface area contributed by atoms with Crippen LogP contribution < -0.4 is 0 Å². The molecule has 3 rings (SSSR count). The number of aryl methyl sites for hydroxylation is 1. The molecule has 0 aliphatic heterocycles. The number of carbonyl (C=O) groups excluding carboxylic acids is 1. The van der Waals surface area contributed by atoms with Crippen molar-refractivity contribution in [1.82, 2.24) is 0 Å². The van der Waals surface area contributed by atoms with Crippen molar-refractivity contribution in [3.63, 3.8) is 0 Å². The Kier molecular flexibility index (Phi) is 8.52. The first-order chi connectivity index (χ1) is 14.2. The third-order valence-corrected chi connectivity index (χ3v) is 6.70. The van der Waals surface area contributed by atoms with Gasteiger partial charge in [-0.15, -0.1) is 0 Å². The van der Waals surface area contributed by atoms with Crippen molar-refractivity contribution in [3.05, 3.63) is 70.8 Å². The van der Waals surface area contributed by atoms with Gasteiger partial charge in [-0.05, 0) is 67.1 Å². The normalized spacial score (nSPS) is 19.2.